The lowest BCUT2D eigenvalue weighted by molar-refractivity contribution is 1.06. The molecule has 3 nitrogen and oxygen atoms in total. The number of nitriles is 1. The van der Waals surface area contributed by atoms with Gasteiger partial charge >= 0.3 is 0 Å². The van der Waals surface area contributed by atoms with Gasteiger partial charge in [-0.15, -0.1) is 0 Å². The Kier molecular flexibility index (Phi) is 2.04. The molecule has 0 saturated heterocycles. The molecule has 0 N–H and O–H groups in total. The fourth-order valence-electron chi connectivity index (χ4n) is 1.30. The van der Waals surface area contributed by atoms with E-state index in [1.54, 1.807) is 12.4 Å². The smallest absolute Gasteiger partial charge is 0.0995 e. The van der Waals surface area contributed by atoms with Crippen molar-refractivity contribution < 1.29 is 0 Å². The van der Waals surface area contributed by atoms with Crippen molar-refractivity contribution in [1.29, 1.82) is 5.26 Å². The maximum atomic E-state index is 8.74. The molecular formula is C11H9N3. The SMILES string of the molecule is Cc1cn(-c2cccc(C#N)c2)cn1. The Balaban J connectivity index is 2.47. The molecule has 0 spiro atoms. The first kappa shape index (κ1) is 8.52. The summed E-state index contributed by atoms with van der Waals surface area (Å²) in [5.41, 5.74) is 2.59. The van der Waals surface area contributed by atoms with Crippen LogP contribution in [-0.2, 0) is 0 Å². The van der Waals surface area contributed by atoms with Crippen molar-refractivity contribution in [3.05, 3.63) is 48.0 Å². The molecule has 0 aliphatic heterocycles. The minimum absolute atomic E-state index is 0.661. The van der Waals surface area contributed by atoms with Crippen LogP contribution in [0.5, 0.6) is 0 Å². The summed E-state index contributed by atoms with van der Waals surface area (Å²) in [7, 11) is 0. The molecule has 14 heavy (non-hydrogen) atoms. The summed E-state index contributed by atoms with van der Waals surface area (Å²) in [5, 5.41) is 8.74. The Morgan fingerprint density at radius 3 is 2.93 bits per heavy atom. The van der Waals surface area contributed by atoms with Gasteiger partial charge < -0.3 is 4.57 Å². The highest BCUT2D eigenvalue weighted by Crippen LogP contribution is 2.10. The van der Waals surface area contributed by atoms with Crippen LogP contribution in [0.15, 0.2) is 36.8 Å². The van der Waals surface area contributed by atoms with Crippen LogP contribution in [0.4, 0.5) is 0 Å². The molecule has 0 saturated carbocycles. The van der Waals surface area contributed by atoms with E-state index < -0.39 is 0 Å². The van der Waals surface area contributed by atoms with E-state index in [1.165, 1.54) is 0 Å². The summed E-state index contributed by atoms with van der Waals surface area (Å²) in [5.74, 6) is 0. The standard InChI is InChI=1S/C11H9N3/c1-9-7-14(8-13-9)11-4-2-3-10(5-11)6-12/h2-5,7-8H,1H3. The molecule has 0 bridgehead atoms. The average Bonchev–Trinajstić information content (AvgIpc) is 2.65. The van der Waals surface area contributed by atoms with Gasteiger partial charge in [0.2, 0.25) is 0 Å². The molecule has 1 heterocycles. The van der Waals surface area contributed by atoms with Crippen LogP contribution in [-0.4, -0.2) is 9.55 Å². The van der Waals surface area contributed by atoms with Crippen molar-refractivity contribution in [1.82, 2.24) is 9.55 Å². The number of hydrogen-bond acceptors (Lipinski definition) is 2. The van der Waals surface area contributed by atoms with Crippen LogP contribution >= 0.6 is 0 Å². The Bertz CT molecular complexity index is 491. The topological polar surface area (TPSA) is 41.6 Å². The van der Waals surface area contributed by atoms with Gasteiger partial charge in [-0.2, -0.15) is 5.26 Å². The highest BCUT2D eigenvalue weighted by molar-refractivity contribution is 5.41. The van der Waals surface area contributed by atoms with Crippen LogP contribution in [0.3, 0.4) is 0 Å². The zero-order valence-corrected chi connectivity index (χ0v) is 7.81. The van der Waals surface area contributed by atoms with E-state index in [9.17, 15) is 0 Å². The maximum Gasteiger partial charge on any atom is 0.0995 e. The molecule has 0 fully saturated rings. The molecule has 1 aromatic heterocycles. The average molecular weight is 183 g/mol. The first-order valence-electron chi connectivity index (χ1n) is 4.31. The molecule has 68 valence electrons. The normalized spacial score (nSPS) is 9.71. The molecule has 0 amide bonds. The van der Waals surface area contributed by atoms with Gasteiger partial charge in [0.25, 0.3) is 0 Å². The van der Waals surface area contributed by atoms with E-state index in [0.29, 0.717) is 5.56 Å². The lowest BCUT2D eigenvalue weighted by Gasteiger charge is -2.00. The van der Waals surface area contributed by atoms with Crippen molar-refractivity contribution in [3.8, 4) is 11.8 Å². The van der Waals surface area contributed by atoms with Crippen LogP contribution in [0, 0.1) is 18.3 Å². The summed E-state index contributed by atoms with van der Waals surface area (Å²) in [6.07, 6.45) is 3.67. The fraction of sp³-hybridized carbons (Fsp3) is 0.0909. The maximum absolute atomic E-state index is 8.74. The highest BCUT2D eigenvalue weighted by Gasteiger charge is 1.98. The van der Waals surface area contributed by atoms with Gasteiger partial charge in [0.15, 0.2) is 0 Å². The predicted octanol–water partition coefficient (Wildman–Crippen LogP) is 2.05. The summed E-state index contributed by atoms with van der Waals surface area (Å²) in [6.45, 7) is 1.94. The van der Waals surface area contributed by atoms with E-state index >= 15 is 0 Å². The molecule has 2 rings (SSSR count). The number of hydrogen-bond donors (Lipinski definition) is 0. The summed E-state index contributed by atoms with van der Waals surface area (Å²) < 4.78 is 1.90. The first-order valence-corrected chi connectivity index (χ1v) is 4.31. The number of rotatable bonds is 1. The van der Waals surface area contributed by atoms with E-state index in [2.05, 4.69) is 11.1 Å². The number of imidazole rings is 1. The number of benzene rings is 1. The molecule has 1 aromatic carbocycles. The van der Waals surface area contributed by atoms with Gasteiger partial charge in [0.05, 0.1) is 23.7 Å². The Morgan fingerprint density at radius 1 is 1.43 bits per heavy atom. The third-order valence-corrected chi connectivity index (χ3v) is 1.99. The molecule has 0 aliphatic carbocycles. The number of aromatic nitrogens is 2. The molecule has 0 aliphatic rings. The monoisotopic (exact) mass is 183 g/mol. The van der Waals surface area contributed by atoms with Crippen molar-refractivity contribution in [2.45, 2.75) is 6.92 Å². The second-order valence-electron chi connectivity index (χ2n) is 3.08. The van der Waals surface area contributed by atoms with Gasteiger partial charge in [-0.3, -0.25) is 0 Å². The third kappa shape index (κ3) is 1.50. The summed E-state index contributed by atoms with van der Waals surface area (Å²) in [6, 6.07) is 9.54. The Hall–Kier alpha value is -2.08. The van der Waals surface area contributed by atoms with Crippen LogP contribution in [0.25, 0.3) is 5.69 Å². The minimum atomic E-state index is 0.661. The first-order chi connectivity index (χ1) is 6.79. The molecular weight excluding hydrogens is 174 g/mol. The van der Waals surface area contributed by atoms with Gasteiger partial charge in [-0.1, -0.05) is 6.07 Å². The molecule has 3 heteroatoms. The van der Waals surface area contributed by atoms with Gasteiger partial charge in [-0.25, -0.2) is 4.98 Å². The van der Waals surface area contributed by atoms with Crippen LogP contribution in [0.2, 0.25) is 0 Å². The summed E-state index contributed by atoms with van der Waals surface area (Å²) >= 11 is 0. The number of nitrogens with zero attached hydrogens (tertiary/aromatic N) is 3. The highest BCUT2D eigenvalue weighted by atomic mass is 15.0. The van der Waals surface area contributed by atoms with Crippen molar-refractivity contribution in [3.63, 3.8) is 0 Å². The number of aryl methyl sites for hydroxylation is 1. The van der Waals surface area contributed by atoms with Gasteiger partial charge in [0.1, 0.15) is 0 Å². The molecule has 0 atom stereocenters. The lowest BCUT2D eigenvalue weighted by Crippen LogP contribution is -1.89. The van der Waals surface area contributed by atoms with Crippen LogP contribution in [0.1, 0.15) is 11.3 Å². The van der Waals surface area contributed by atoms with Crippen LogP contribution < -0.4 is 0 Å². The third-order valence-electron chi connectivity index (χ3n) is 1.99. The molecule has 2 aromatic rings. The van der Waals surface area contributed by atoms with Gasteiger partial charge in [-0.05, 0) is 25.1 Å². The second kappa shape index (κ2) is 3.35. The van der Waals surface area contributed by atoms with E-state index in [-0.39, 0.29) is 0 Å². The second-order valence-corrected chi connectivity index (χ2v) is 3.08. The molecule has 0 unspecified atom stereocenters. The predicted molar refractivity (Wildman–Crippen MR) is 53.0 cm³/mol. The Morgan fingerprint density at radius 2 is 2.29 bits per heavy atom. The van der Waals surface area contributed by atoms with Crippen molar-refractivity contribution in [2.24, 2.45) is 0 Å². The minimum Gasteiger partial charge on any atom is -0.306 e. The fourth-order valence-corrected chi connectivity index (χ4v) is 1.30. The summed E-state index contributed by atoms with van der Waals surface area (Å²) in [4.78, 5) is 4.13. The van der Waals surface area contributed by atoms with E-state index in [1.807, 2.05) is 35.9 Å². The van der Waals surface area contributed by atoms with Gasteiger partial charge in [0, 0.05) is 11.9 Å². The quantitative estimate of drug-likeness (QED) is 0.679. The van der Waals surface area contributed by atoms with Crippen molar-refractivity contribution in [2.75, 3.05) is 0 Å². The van der Waals surface area contributed by atoms with Crippen molar-refractivity contribution >= 4 is 0 Å². The Labute approximate surface area is 82.2 Å². The lowest BCUT2D eigenvalue weighted by atomic mass is 10.2. The largest absolute Gasteiger partial charge is 0.306 e. The molecule has 0 radical (unpaired) electrons. The zero-order valence-electron chi connectivity index (χ0n) is 7.81. The zero-order chi connectivity index (χ0) is 9.97. The van der Waals surface area contributed by atoms with E-state index in [4.69, 9.17) is 5.26 Å². The van der Waals surface area contributed by atoms with E-state index in [0.717, 1.165) is 11.4 Å².